The lowest BCUT2D eigenvalue weighted by molar-refractivity contribution is 0.132. The fourth-order valence-electron chi connectivity index (χ4n) is 4.75. The highest BCUT2D eigenvalue weighted by Crippen LogP contribution is 2.35. The zero-order valence-electron chi connectivity index (χ0n) is 14.1. The Hall–Kier alpha value is -1.55. The molecule has 0 unspecified atom stereocenters. The molecule has 0 spiro atoms. The summed E-state index contributed by atoms with van der Waals surface area (Å²) in [4.78, 5) is 15.7. The third-order valence-corrected chi connectivity index (χ3v) is 5.82. The van der Waals surface area contributed by atoms with Gasteiger partial charge in [-0.2, -0.15) is 0 Å². The zero-order chi connectivity index (χ0) is 15.8. The molecule has 0 radical (unpaired) electrons. The normalized spacial score (nSPS) is 26.1. The maximum Gasteiger partial charge on any atom is 0.329 e. The summed E-state index contributed by atoms with van der Waals surface area (Å²) in [5.41, 5.74) is 2.39. The molecule has 0 bridgehead atoms. The molecule has 2 fully saturated rings. The van der Waals surface area contributed by atoms with Crippen molar-refractivity contribution in [3.63, 3.8) is 0 Å². The summed E-state index contributed by atoms with van der Waals surface area (Å²) in [6, 6.07) is 9.19. The number of aryl methyl sites for hydroxylation is 1. The van der Waals surface area contributed by atoms with E-state index in [-0.39, 0.29) is 5.69 Å². The van der Waals surface area contributed by atoms with Crippen LogP contribution in [0.25, 0.3) is 11.0 Å². The van der Waals surface area contributed by atoms with Crippen LogP contribution in [0.15, 0.2) is 29.1 Å². The van der Waals surface area contributed by atoms with E-state index >= 15 is 0 Å². The van der Waals surface area contributed by atoms with Gasteiger partial charge in [0, 0.05) is 12.6 Å². The molecule has 2 aliphatic rings. The molecular weight excluding hydrogens is 286 g/mol. The summed E-state index contributed by atoms with van der Waals surface area (Å²) >= 11 is 0. The first-order valence-corrected chi connectivity index (χ1v) is 9.25. The van der Waals surface area contributed by atoms with Crippen molar-refractivity contribution in [1.82, 2.24) is 14.0 Å². The van der Waals surface area contributed by atoms with E-state index in [9.17, 15) is 4.79 Å². The quantitative estimate of drug-likeness (QED) is 0.869. The Morgan fingerprint density at radius 2 is 1.61 bits per heavy atom. The minimum Gasteiger partial charge on any atom is -0.298 e. The largest absolute Gasteiger partial charge is 0.329 e. The first kappa shape index (κ1) is 15.0. The number of nitrogens with zero attached hydrogens (tertiary/aromatic N) is 3. The van der Waals surface area contributed by atoms with Crippen molar-refractivity contribution in [2.24, 2.45) is 0 Å². The standard InChI is InChI=1S/C19H27N3O/c1-2-21-16-10-4-6-12-18(16)22(19(21)23)17-11-5-3-9-15(17)20-13-7-8-14-20/h4,6,10,12,15,17H,2-3,5,7-9,11,13-14H2,1H3/t15-,17-/m0/s1. The summed E-state index contributed by atoms with van der Waals surface area (Å²) in [6.45, 7) is 5.23. The van der Waals surface area contributed by atoms with Crippen LogP contribution in [0.2, 0.25) is 0 Å². The van der Waals surface area contributed by atoms with E-state index in [4.69, 9.17) is 0 Å². The predicted molar refractivity (Wildman–Crippen MR) is 94.0 cm³/mol. The average Bonchev–Trinajstić information content (AvgIpc) is 3.20. The molecule has 4 rings (SSSR count). The lowest BCUT2D eigenvalue weighted by Gasteiger charge is -2.38. The van der Waals surface area contributed by atoms with Gasteiger partial charge >= 0.3 is 5.69 Å². The minimum absolute atomic E-state index is 0.185. The van der Waals surface area contributed by atoms with Gasteiger partial charge < -0.3 is 0 Å². The first-order chi connectivity index (χ1) is 11.3. The Labute approximate surface area is 137 Å². The van der Waals surface area contributed by atoms with Crippen molar-refractivity contribution >= 4 is 11.0 Å². The fourth-order valence-corrected chi connectivity index (χ4v) is 4.75. The highest BCUT2D eigenvalue weighted by molar-refractivity contribution is 5.76. The van der Waals surface area contributed by atoms with Gasteiger partial charge in [0.05, 0.1) is 17.1 Å². The zero-order valence-corrected chi connectivity index (χ0v) is 14.1. The molecular formula is C19H27N3O. The monoisotopic (exact) mass is 313 g/mol. The lowest BCUT2D eigenvalue weighted by atomic mass is 9.89. The van der Waals surface area contributed by atoms with Crippen molar-refractivity contribution in [2.75, 3.05) is 13.1 Å². The summed E-state index contributed by atoms with van der Waals surface area (Å²) < 4.78 is 4.06. The van der Waals surface area contributed by atoms with Gasteiger partial charge in [0.25, 0.3) is 0 Å². The SMILES string of the molecule is CCn1c(=O)n([C@H]2CCCC[C@@H]2N2CCCC2)c2ccccc21. The van der Waals surface area contributed by atoms with Crippen molar-refractivity contribution in [3.05, 3.63) is 34.7 Å². The molecule has 1 aliphatic heterocycles. The maximum absolute atomic E-state index is 13.1. The Morgan fingerprint density at radius 1 is 0.957 bits per heavy atom. The van der Waals surface area contributed by atoms with Gasteiger partial charge in [0.15, 0.2) is 0 Å². The van der Waals surface area contributed by atoms with Crippen LogP contribution in [-0.2, 0) is 6.54 Å². The summed E-state index contributed by atoms with van der Waals surface area (Å²) in [5, 5.41) is 0. The van der Waals surface area contributed by atoms with E-state index in [1.165, 1.54) is 45.2 Å². The molecule has 4 heteroatoms. The summed E-state index contributed by atoms with van der Waals surface area (Å²) in [6.07, 6.45) is 7.55. The van der Waals surface area contributed by atoms with Crippen molar-refractivity contribution in [3.8, 4) is 0 Å². The predicted octanol–water partition coefficient (Wildman–Crippen LogP) is 3.40. The van der Waals surface area contributed by atoms with Crippen molar-refractivity contribution < 1.29 is 0 Å². The second-order valence-electron chi connectivity index (χ2n) is 7.05. The molecule has 4 nitrogen and oxygen atoms in total. The highest BCUT2D eigenvalue weighted by atomic mass is 16.1. The third kappa shape index (κ3) is 2.44. The maximum atomic E-state index is 13.1. The molecule has 1 saturated heterocycles. The van der Waals surface area contributed by atoms with Crippen LogP contribution in [0, 0.1) is 0 Å². The second-order valence-corrected chi connectivity index (χ2v) is 7.05. The molecule has 1 aromatic carbocycles. The third-order valence-electron chi connectivity index (χ3n) is 5.82. The molecule has 2 aromatic rings. The number of aromatic nitrogens is 2. The van der Waals surface area contributed by atoms with Crippen molar-refractivity contribution in [2.45, 2.75) is 64.1 Å². The van der Waals surface area contributed by atoms with Gasteiger partial charge in [-0.05, 0) is 57.8 Å². The minimum atomic E-state index is 0.185. The first-order valence-electron chi connectivity index (χ1n) is 9.25. The van der Waals surface area contributed by atoms with E-state index < -0.39 is 0 Å². The Morgan fingerprint density at radius 3 is 2.30 bits per heavy atom. The average molecular weight is 313 g/mol. The van der Waals surface area contributed by atoms with Crippen LogP contribution < -0.4 is 5.69 Å². The number of hydrogen-bond acceptors (Lipinski definition) is 2. The molecule has 1 saturated carbocycles. The van der Waals surface area contributed by atoms with Gasteiger partial charge in [-0.1, -0.05) is 25.0 Å². The van der Waals surface area contributed by atoms with Crippen LogP contribution in [0.5, 0.6) is 0 Å². The van der Waals surface area contributed by atoms with E-state index in [0.29, 0.717) is 12.1 Å². The van der Waals surface area contributed by atoms with Crippen LogP contribution in [-0.4, -0.2) is 33.2 Å². The van der Waals surface area contributed by atoms with E-state index in [2.05, 4.69) is 34.6 Å². The highest BCUT2D eigenvalue weighted by Gasteiger charge is 2.34. The molecule has 1 aromatic heterocycles. The number of hydrogen-bond donors (Lipinski definition) is 0. The molecule has 0 N–H and O–H groups in total. The van der Waals surface area contributed by atoms with Crippen LogP contribution in [0.4, 0.5) is 0 Å². The number of imidazole rings is 1. The number of benzene rings is 1. The van der Waals surface area contributed by atoms with Gasteiger partial charge in [-0.25, -0.2) is 4.79 Å². The van der Waals surface area contributed by atoms with E-state index in [1.807, 2.05) is 10.6 Å². The number of rotatable bonds is 3. The summed E-state index contributed by atoms with van der Waals surface area (Å²) in [5.74, 6) is 0. The van der Waals surface area contributed by atoms with Crippen LogP contribution in [0.3, 0.4) is 0 Å². The summed E-state index contributed by atoms with van der Waals surface area (Å²) in [7, 11) is 0. The number of para-hydroxylation sites is 2. The van der Waals surface area contributed by atoms with Gasteiger partial charge in [-0.15, -0.1) is 0 Å². The fraction of sp³-hybridized carbons (Fsp3) is 0.632. The van der Waals surface area contributed by atoms with Crippen LogP contribution in [0.1, 0.15) is 51.5 Å². The molecule has 124 valence electrons. The van der Waals surface area contributed by atoms with Crippen LogP contribution >= 0.6 is 0 Å². The number of fused-ring (bicyclic) bond motifs is 1. The van der Waals surface area contributed by atoms with E-state index in [1.54, 1.807) is 0 Å². The Kier molecular flexibility index (Phi) is 4.02. The van der Waals surface area contributed by atoms with Crippen molar-refractivity contribution in [1.29, 1.82) is 0 Å². The van der Waals surface area contributed by atoms with Gasteiger partial charge in [0.1, 0.15) is 0 Å². The molecule has 2 heterocycles. The molecule has 2 atom stereocenters. The Bertz CT molecular complexity index is 739. The lowest BCUT2D eigenvalue weighted by Crippen LogP contribution is -2.44. The van der Waals surface area contributed by atoms with Gasteiger partial charge in [-0.3, -0.25) is 14.0 Å². The second kappa shape index (κ2) is 6.16. The van der Waals surface area contributed by atoms with E-state index in [0.717, 1.165) is 24.0 Å². The smallest absolute Gasteiger partial charge is 0.298 e. The number of likely N-dealkylation sites (tertiary alicyclic amines) is 1. The topological polar surface area (TPSA) is 30.2 Å². The molecule has 0 amide bonds. The molecule has 23 heavy (non-hydrogen) atoms. The van der Waals surface area contributed by atoms with Gasteiger partial charge in [0.2, 0.25) is 0 Å². The molecule has 1 aliphatic carbocycles. The Balaban J connectivity index is 1.83.